The Kier molecular flexibility index (Phi) is 5.29. The third kappa shape index (κ3) is 3.99. The monoisotopic (exact) mass is 314 g/mol. The number of hydrogen-bond donors (Lipinski definition) is 1. The number of nitrogens with zero attached hydrogens (tertiary/aromatic N) is 3. The second-order valence-corrected chi connectivity index (χ2v) is 6.45. The van der Waals surface area contributed by atoms with Crippen molar-refractivity contribution in [2.75, 3.05) is 24.2 Å². The highest BCUT2D eigenvalue weighted by atomic mass is 32.2. The highest BCUT2D eigenvalue weighted by molar-refractivity contribution is 7.98. The highest BCUT2D eigenvalue weighted by Crippen LogP contribution is 2.18. The molecule has 1 N–H and O–H groups in total. The van der Waals surface area contributed by atoms with Crippen LogP contribution in [-0.4, -0.2) is 35.4 Å². The zero-order valence-corrected chi connectivity index (χ0v) is 13.7. The molecule has 0 spiro atoms. The molecule has 4 nitrogen and oxygen atoms in total. The minimum absolute atomic E-state index is 0.496. The maximum atomic E-state index is 4.36. The van der Waals surface area contributed by atoms with E-state index in [0.717, 1.165) is 25.6 Å². The van der Waals surface area contributed by atoms with Crippen molar-refractivity contribution in [2.45, 2.75) is 30.3 Å². The second-order valence-electron chi connectivity index (χ2n) is 5.57. The lowest BCUT2D eigenvalue weighted by molar-refractivity contribution is 0.418. The van der Waals surface area contributed by atoms with Crippen LogP contribution in [0, 0.1) is 0 Å². The van der Waals surface area contributed by atoms with Crippen molar-refractivity contribution >= 4 is 17.7 Å². The molecule has 0 bridgehead atoms. The molecule has 0 aliphatic carbocycles. The van der Waals surface area contributed by atoms with E-state index in [1.54, 1.807) is 11.8 Å². The average molecular weight is 314 g/mol. The first-order valence-corrected chi connectivity index (χ1v) is 8.96. The van der Waals surface area contributed by atoms with Gasteiger partial charge in [0.1, 0.15) is 0 Å². The molecule has 1 fully saturated rings. The van der Waals surface area contributed by atoms with Crippen molar-refractivity contribution < 1.29 is 0 Å². The molecular weight excluding hydrogens is 292 g/mol. The van der Waals surface area contributed by atoms with Crippen LogP contribution < -0.4 is 10.2 Å². The predicted molar refractivity (Wildman–Crippen MR) is 92.3 cm³/mol. The smallest absolute Gasteiger partial charge is 0.225 e. The SMILES string of the molecule is CSc1cccc(CN[C@H]2CCCN(c3ncccn3)C2)c1. The topological polar surface area (TPSA) is 41.0 Å². The zero-order chi connectivity index (χ0) is 15.2. The van der Waals surface area contributed by atoms with Crippen LogP contribution >= 0.6 is 11.8 Å². The molecule has 1 atom stereocenters. The van der Waals surface area contributed by atoms with Crippen molar-refractivity contribution in [1.82, 2.24) is 15.3 Å². The van der Waals surface area contributed by atoms with Gasteiger partial charge in [0.2, 0.25) is 5.95 Å². The van der Waals surface area contributed by atoms with Gasteiger partial charge < -0.3 is 10.2 Å². The van der Waals surface area contributed by atoms with Crippen LogP contribution in [0.3, 0.4) is 0 Å². The fraction of sp³-hybridized carbons (Fsp3) is 0.412. The van der Waals surface area contributed by atoms with Crippen molar-refractivity contribution in [1.29, 1.82) is 0 Å². The molecule has 1 aromatic carbocycles. The Hall–Kier alpha value is -1.59. The first-order chi connectivity index (χ1) is 10.8. The summed E-state index contributed by atoms with van der Waals surface area (Å²) in [6.07, 6.45) is 8.14. The number of anilines is 1. The van der Waals surface area contributed by atoms with Crippen molar-refractivity contribution in [3.63, 3.8) is 0 Å². The van der Waals surface area contributed by atoms with Gasteiger partial charge in [0.25, 0.3) is 0 Å². The van der Waals surface area contributed by atoms with Gasteiger partial charge in [-0.1, -0.05) is 12.1 Å². The van der Waals surface area contributed by atoms with Crippen LogP contribution in [0.5, 0.6) is 0 Å². The standard InChI is InChI=1S/C17H22N4S/c1-22-16-7-2-5-14(11-16)12-20-15-6-3-10-21(13-15)17-18-8-4-9-19-17/h2,4-5,7-9,11,15,20H,3,6,10,12-13H2,1H3/t15-/m0/s1. The maximum absolute atomic E-state index is 4.36. The van der Waals surface area contributed by atoms with Gasteiger partial charge >= 0.3 is 0 Å². The van der Waals surface area contributed by atoms with Gasteiger partial charge in [-0.05, 0) is 42.9 Å². The second kappa shape index (κ2) is 7.61. The number of hydrogen-bond acceptors (Lipinski definition) is 5. The van der Waals surface area contributed by atoms with Crippen LogP contribution in [0.15, 0.2) is 47.6 Å². The molecule has 1 aliphatic rings. The van der Waals surface area contributed by atoms with Crippen LogP contribution in [-0.2, 0) is 6.54 Å². The number of thioether (sulfide) groups is 1. The van der Waals surface area contributed by atoms with Gasteiger partial charge in [-0.2, -0.15) is 0 Å². The van der Waals surface area contributed by atoms with Crippen molar-refractivity contribution in [2.24, 2.45) is 0 Å². The number of aromatic nitrogens is 2. The van der Waals surface area contributed by atoms with Gasteiger partial charge in [0.15, 0.2) is 0 Å². The fourth-order valence-corrected chi connectivity index (χ4v) is 3.31. The number of rotatable bonds is 5. The molecule has 3 rings (SSSR count). The molecule has 0 saturated carbocycles. The summed E-state index contributed by atoms with van der Waals surface area (Å²) in [4.78, 5) is 12.3. The van der Waals surface area contributed by atoms with E-state index in [4.69, 9.17) is 0 Å². The minimum Gasteiger partial charge on any atom is -0.339 e. The molecular formula is C17H22N4S. The van der Waals surface area contributed by atoms with E-state index in [1.807, 2.05) is 18.5 Å². The number of benzene rings is 1. The van der Waals surface area contributed by atoms with Crippen LogP contribution in [0.1, 0.15) is 18.4 Å². The fourth-order valence-electron chi connectivity index (χ4n) is 2.82. The molecule has 1 aliphatic heterocycles. The van der Waals surface area contributed by atoms with Gasteiger partial charge in [-0.25, -0.2) is 9.97 Å². The quantitative estimate of drug-likeness (QED) is 0.859. The van der Waals surface area contributed by atoms with E-state index in [0.29, 0.717) is 6.04 Å². The minimum atomic E-state index is 0.496. The lowest BCUT2D eigenvalue weighted by Gasteiger charge is -2.33. The van der Waals surface area contributed by atoms with Gasteiger partial charge in [-0.15, -0.1) is 11.8 Å². The third-order valence-electron chi connectivity index (χ3n) is 3.99. The summed E-state index contributed by atoms with van der Waals surface area (Å²) in [6, 6.07) is 11.1. The zero-order valence-electron chi connectivity index (χ0n) is 12.9. The molecule has 22 heavy (non-hydrogen) atoms. The van der Waals surface area contributed by atoms with Crippen molar-refractivity contribution in [3.05, 3.63) is 48.3 Å². The molecule has 1 saturated heterocycles. The van der Waals surface area contributed by atoms with Crippen LogP contribution in [0.4, 0.5) is 5.95 Å². The summed E-state index contributed by atoms with van der Waals surface area (Å²) in [5.41, 5.74) is 1.35. The average Bonchev–Trinajstić information content (AvgIpc) is 2.61. The summed E-state index contributed by atoms with van der Waals surface area (Å²) >= 11 is 1.79. The summed E-state index contributed by atoms with van der Waals surface area (Å²) in [7, 11) is 0. The summed E-state index contributed by atoms with van der Waals surface area (Å²) < 4.78 is 0. The van der Waals surface area contributed by atoms with E-state index in [1.165, 1.54) is 23.3 Å². The normalized spacial score (nSPS) is 18.4. The van der Waals surface area contributed by atoms with E-state index < -0.39 is 0 Å². The molecule has 5 heteroatoms. The largest absolute Gasteiger partial charge is 0.339 e. The Morgan fingerprint density at radius 2 is 2.14 bits per heavy atom. The summed E-state index contributed by atoms with van der Waals surface area (Å²) in [5, 5.41) is 3.68. The van der Waals surface area contributed by atoms with Crippen LogP contribution in [0.25, 0.3) is 0 Å². The van der Waals surface area contributed by atoms with E-state index in [2.05, 4.69) is 50.7 Å². The first-order valence-electron chi connectivity index (χ1n) is 7.73. The Morgan fingerprint density at radius 1 is 1.27 bits per heavy atom. The molecule has 0 unspecified atom stereocenters. The first kappa shape index (κ1) is 15.3. The summed E-state index contributed by atoms with van der Waals surface area (Å²) in [5.74, 6) is 0.846. The summed E-state index contributed by atoms with van der Waals surface area (Å²) in [6.45, 7) is 2.94. The third-order valence-corrected chi connectivity index (χ3v) is 4.71. The Balaban J connectivity index is 1.56. The molecule has 2 aromatic rings. The molecule has 1 aromatic heterocycles. The molecule has 0 radical (unpaired) electrons. The van der Waals surface area contributed by atoms with Gasteiger partial charge in [0.05, 0.1) is 0 Å². The number of piperidine rings is 1. The Labute approximate surface area is 136 Å². The maximum Gasteiger partial charge on any atom is 0.225 e. The lowest BCUT2D eigenvalue weighted by Crippen LogP contribution is -2.46. The Bertz CT molecular complexity index is 590. The predicted octanol–water partition coefficient (Wildman–Crippen LogP) is 2.96. The lowest BCUT2D eigenvalue weighted by atomic mass is 10.1. The van der Waals surface area contributed by atoms with Gasteiger partial charge in [-0.3, -0.25) is 0 Å². The van der Waals surface area contributed by atoms with E-state index in [9.17, 15) is 0 Å². The van der Waals surface area contributed by atoms with Gasteiger partial charge in [0, 0.05) is 43.0 Å². The molecule has 116 valence electrons. The van der Waals surface area contributed by atoms with Crippen molar-refractivity contribution in [3.8, 4) is 0 Å². The molecule has 2 heterocycles. The number of nitrogens with one attached hydrogen (secondary N) is 1. The van der Waals surface area contributed by atoms with Crippen LogP contribution in [0.2, 0.25) is 0 Å². The molecule has 0 amide bonds. The highest BCUT2D eigenvalue weighted by Gasteiger charge is 2.21. The Morgan fingerprint density at radius 3 is 2.95 bits per heavy atom. The van der Waals surface area contributed by atoms with E-state index in [-0.39, 0.29) is 0 Å². The van der Waals surface area contributed by atoms with E-state index >= 15 is 0 Å².